The van der Waals surface area contributed by atoms with Gasteiger partial charge in [-0.1, -0.05) is 0 Å². The Bertz CT molecular complexity index is 371. The molecule has 10 nitrogen and oxygen atoms in total. The molecule has 0 aliphatic rings. The van der Waals surface area contributed by atoms with Gasteiger partial charge in [0.2, 0.25) is 5.91 Å². The molecule has 0 fully saturated rings. The molecule has 0 aromatic heterocycles. The number of carboxylic acids is 1. The Morgan fingerprint density at radius 1 is 1.00 bits per heavy atom. The lowest BCUT2D eigenvalue weighted by atomic mass is 10.2. The zero-order valence-electron chi connectivity index (χ0n) is 9.90. The second-order valence-corrected chi connectivity index (χ2v) is 3.62. The van der Waals surface area contributed by atoms with Crippen molar-refractivity contribution < 1.29 is 34.1 Å². The van der Waals surface area contributed by atoms with Gasteiger partial charge in [-0.05, 0) is 6.42 Å². The van der Waals surface area contributed by atoms with E-state index in [1.807, 2.05) is 0 Å². The van der Waals surface area contributed by atoms with Gasteiger partial charge in [-0.15, -0.1) is 0 Å². The first kappa shape index (κ1) is 16.8. The van der Waals surface area contributed by atoms with Crippen molar-refractivity contribution in [3.8, 4) is 0 Å². The molecule has 0 aromatic carbocycles. The summed E-state index contributed by atoms with van der Waals surface area (Å²) in [4.78, 5) is 51.1. The third kappa shape index (κ3) is 7.68. The van der Waals surface area contributed by atoms with E-state index in [0.717, 1.165) is 0 Å². The quantitative estimate of drug-likeness (QED) is 0.285. The fraction of sp³-hybridized carbons (Fsp3) is 0.556. The van der Waals surface area contributed by atoms with E-state index in [4.69, 9.17) is 22.3 Å². The van der Waals surface area contributed by atoms with Crippen LogP contribution in [-0.2, 0) is 29.0 Å². The molecule has 0 aliphatic carbocycles. The van der Waals surface area contributed by atoms with Crippen LogP contribution in [0.1, 0.15) is 19.3 Å². The normalized spacial score (nSPS) is 13.2. The van der Waals surface area contributed by atoms with E-state index in [-0.39, 0.29) is 12.8 Å². The van der Waals surface area contributed by atoms with Crippen LogP contribution >= 0.6 is 0 Å². The molecule has 0 rings (SSSR count). The summed E-state index contributed by atoms with van der Waals surface area (Å²) in [5, 5.41) is 8.37. The van der Waals surface area contributed by atoms with Crippen LogP contribution in [0.25, 0.3) is 0 Å². The maximum Gasteiger partial charge on any atom is 0.372 e. The summed E-state index contributed by atoms with van der Waals surface area (Å²) in [5.74, 6) is -4.25. The van der Waals surface area contributed by atoms with Crippen molar-refractivity contribution in [2.45, 2.75) is 31.3 Å². The number of carbonyl (C=O) groups excluding carboxylic acids is 3. The number of hydrogen-bond acceptors (Lipinski definition) is 8. The Morgan fingerprint density at radius 3 is 1.89 bits per heavy atom. The van der Waals surface area contributed by atoms with Gasteiger partial charge in [0.1, 0.15) is 12.1 Å². The molecule has 0 radical (unpaired) electrons. The van der Waals surface area contributed by atoms with Gasteiger partial charge in [-0.25, -0.2) is 19.4 Å². The third-order valence-corrected chi connectivity index (χ3v) is 1.90. The second-order valence-electron chi connectivity index (χ2n) is 3.62. The topological polar surface area (TPSA) is 185 Å². The molecule has 7 N–H and O–H groups in total. The van der Waals surface area contributed by atoms with Crippen LogP contribution < -0.4 is 17.2 Å². The number of rotatable bonds is 7. The summed E-state index contributed by atoms with van der Waals surface area (Å²) in [6, 6.07) is -2.61. The number of primary amides is 1. The SMILES string of the molecule is NC(=O)CC(N)C(=O)OOC(=O)[C@H](N)CCC(=O)O. The van der Waals surface area contributed by atoms with Crippen LogP contribution in [0.15, 0.2) is 0 Å². The van der Waals surface area contributed by atoms with Gasteiger partial charge in [0.25, 0.3) is 0 Å². The molecule has 19 heavy (non-hydrogen) atoms. The number of hydrogen-bond donors (Lipinski definition) is 4. The molecule has 0 spiro atoms. The van der Waals surface area contributed by atoms with Crippen molar-refractivity contribution in [3.05, 3.63) is 0 Å². The molecule has 1 amide bonds. The van der Waals surface area contributed by atoms with Gasteiger partial charge in [0, 0.05) is 6.42 Å². The maximum atomic E-state index is 11.2. The molecule has 10 heteroatoms. The molecule has 0 saturated heterocycles. The van der Waals surface area contributed by atoms with Gasteiger partial charge in [0.15, 0.2) is 0 Å². The third-order valence-electron chi connectivity index (χ3n) is 1.90. The Kier molecular flexibility index (Phi) is 7.07. The first-order valence-corrected chi connectivity index (χ1v) is 5.17. The minimum absolute atomic E-state index is 0.181. The highest BCUT2D eigenvalue weighted by molar-refractivity contribution is 5.84. The van der Waals surface area contributed by atoms with Crippen LogP contribution in [0.2, 0.25) is 0 Å². The molecular weight excluding hydrogens is 262 g/mol. The highest BCUT2D eigenvalue weighted by Crippen LogP contribution is 1.99. The standard InChI is InChI=1S/C9H15N3O7/c10-4(1-2-7(14)15)8(16)18-19-9(17)5(11)3-6(12)13/h4-5H,1-3,10-11H2,(H2,12,13)(H,14,15)/t4-,5?/m1/s1. The molecule has 0 saturated carbocycles. The predicted octanol–water partition coefficient (Wildman–Crippen LogP) is -2.62. The average Bonchev–Trinajstić information content (AvgIpc) is 2.31. The fourth-order valence-electron chi connectivity index (χ4n) is 0.903. The van der Waals surface area contributed by atoms with E-state index < -0.39 is 42.3 Å². The van der Waals surface area contributed by atoms with Crippen molar-refractivity contribution in [1.82, 2.24) is 0 Å². The summed E-state index contributed by atoms with van der Waals surface area (Å²) in [7, 11) is 0. The largest absolute Gasteiger partial charge is 0.481 e. The van der Waals surface area contributed by atoms with Crippen LogP contribution in [0.5, 0.6) is 0 Å². The Labute approximate surface area is 107 Å². The molecular formula is C9H15N3O7. The van der Waals surface area contributed by atoms with Crippen LogP contribution in [0.4, 0.5) is 0 Å². The van der Waals surface area contributed by atoms with Crippen LogP contribution in [0, 0.1) is 0 Å². The van der Waals surface area contributed by atoms with Crippen molar-refractivity contribution in [2.24, 2.45) is 17.2 Å². The first-order chi connectivity index (χ1) is 8.73. The minimum atomic E-state index is -1.36. The summed E-state index contributed by atoms with van der Waals surface area (Å²) in [6.07, 6.45) is -0.994. The smallest absolute Gasteiger partial charge is 0.372 e. The zero-order chi connectivity index (χ0) is 15.0. The molecule has 0 bridgehead atoms. The average molecular weight is 277 g/mol. The lowest BCUT2D eigenvalue weighted by Crippen LogP contribution is -2.39. The van der Waals surface area contributed by atoms with Crippen molar-refractivity contribution in [3.63, 3.8) is 0 Å². The van der Waals surface area contributed by atoms with E-state index >= 15 is 0 Å². The van der Waals surface area contributed by atoms with Gasteiger partial charge >= 0.3 is 17.9 Å². The first-order valence-electron chi connectivity index (χ1n) is 5.17. The zero-order valence-corrected chi connectivity index (χ0v) is 9.90. The number of aliphatic carboxylic acids is 1. The number of carbonyl (C=O) groups is 4. The van der Waals surface area contributed by atoms with Gasteiger partial charge < -0.3 is 22.3 Å². The summed E-state index contributed by atoms with van der Waals surface area (Å²) in [6.45, 7) is 0. The minimum Gasteiger partial charge on any atom is -0.481 e. The van der Waals surface area contributed by atoms with Crippen molar-refractivity contribution in [1.29, 1.82) is 0 Å². The van der Waals surface area contributed by atoms with E-state index in [2.05, 4.69) is 9.78 Å². The highest BCUT2D eigenvalue weighted by atomic mass is 17.2. The predicted molar refractivity (Wildman–Crippen MR) is 58.8 cm³/mol. The summed E-state index contributed by atoms with van der Waals surface area (Å²) in [5.41, 5.74) is 15.3. The molecule has 1 unspecified atom stereocenters. The van der Waals surface area contributed by atoms with Crippen LogP contribution in [0.3, 0.4) is 0 Å². The van der Waals surface area contributed by atoms with Gasteiger partial charge in [0.05, 0.1) is 6.42 Å². The van der Waals surface area contributed by atoms with Crippen molar-refractivity contribution in [2.75, 3.05) is 0 Å². The van der Waals surface area contributed by atoms with Gasteiger partial charge in [-0.3, -0.25) is 9.59 Å². The molecule has 0 heterocycles. The number of nitrogens with two attached hydrogens (primary N) is 3. The lowest BCUT2D eigenvalue weighted by molar-refractivity contribution is -0.261. The monoisotopic (exact) mass is 277 g/mol. The van der Waals surface area contributed by atoms with E-state index in [1.165, 1.54) is 0 Å². The lowest BCUT2D eigenvalue weighted by Gasteiger charge is -2.10. The highest BCUT2D eigenvalue weighted by Gasteiger charge is 2.23. The summed E-state index contributed by atoms with van der Waals surface area (Å²) < 4.78 is 0. The van der Waals surface area contributed by atoms with E-state index in [1.54, 1.807) is 0 Å². The van der Waals surface area contributed by atoms with E-state index in [9.17, 15) is 19.2 Å². The second kappa shape index (κ2) is 8.00. The molecule has 2 atom stereocenters. The fourth-order valence-corrected chi connectivity index (χ4v) is 0.903. The van der Waals surface area contributed by atoms with E-state index in [0.29, 0.717) is 0 Å². The molecule has 108 valence electrons. The number of carboxylic acid groups (broad SMARTS) is 1. The molecule has 0 aromatic rings. The molecule has 0 aliphatic heterocycles. The Morgan fingerprint density at radius 2 is 1.47 bits per heavy atom. The van der Waals surface area contributed by atoms with Gasteiger partial charge in [-0.2, -0.15) is 0 Å². The summed E-state index contributed by atoms with van der Waals surface area (Å²) >= 11 is 0. The number of amides is 1. The van der Waals surface area contributed by atoms with Crippen molar-refractivity contribution >= 4 is 23.8 Å². The Balaban J connectivity index is 4.04. The Hall–Kier alpha value is -2.20. The maximum absolute atomic E-state index is 11.2. The van der Waals surface area contributed by atoms with Crippen LogP contribution in [-0.4, -0.2) is 41.0 Å².